The van der Waals surface area contributed by atoms with Crippen molar-refractivity contribution in [2.75, 3.05) is 53.8 Å². The largest absolute Gasteiger partial charge is 0.493 e. The number of carbonyl (C=O) groups is 2. The molecule has 1 aliphatic rings. The van der Waals surface area contributed by atoms with Gasteiger partial charge >= 0.3 is 0 Å². The van der Waals surface area contributed by atoms with Crippen LogP contribution in [0, 0.1) is 5.92 Å². The molecule has 0 aliphatic heterocycles. The number of aryl methyl sites for hydroxylation is 1. The van der Waals surface area contributed by atoms with Crippen LogP contribution in [0.4, 0.5) is 5.69 Å². The Labute approximate surface area is 236 Å². The molecule has 10 nitrogen and oxygen atoms in total. The number of benzene rings is 1. The fourth-order valence-electron chi connectivity index (χ4n) is 5.04. The number of methoxy groups -OCH3 is 3. The number of amides is 2. The minimum Gasteiger partial charge on any atom is -0.493 e. The van der Waals surface area contributed by atoms with Gasteiger partial charge in [-0.05, 0) is 67.7 Å². The molecule has 0 heterocycles. The molecule has 3 rings (SSSR count). The second-order valence-electron chi connectivity index (χ2n) is 10.6. The van der Waals surface area contributed by atoms with Crippen LogP contribution in [-0.2, 0) is 16.0 Å². The molecule has 10 heteroatoms. The second-order valence-corrected chi connectivity index (χ2v) is 10.6. The monoisotopic (exact) mass is 554 g/mol. The third kappa shape index (κ3) is 6.85. The number of hydrogen-bond donors (Lipinski definition) is 3. The molecule has 0 unspecified atom stereocenters. The van der Waals surface area contributed by atoms with E-state index < -0.39 is 12.1 Å². The fraction of sp³-hybridized carbons (Fsp3) is 0.500. The van der Waals surface area contributed by atoms with Crippen LogP contribution in [0.15, 0.2) is 29.1 Å². The zero-order chi connectivity index (χ0) is 29.6. The first kappa shape index (κ1) is 30.7. The lowest BCUT2D eigenvalue weighted by Crippen LogP contribution is -2.45. The summed E-state index contributed by atoms with van der Waals surface area (Å²) in [7, 11) is 8.55. The number of likely N-dealkylation sites (N-methyl/N-ethyl adjacent to an activating group) is 1. The van der Waals surface area contributed by atoms with Crippen LogP contribution in [-0.4, -0.2) is 71.3 Å². The molecule has 0 radical (unpaired) electrons. The number of rotatable bonds is 11. The fourth-order valence-corrected chi connectivity index (χ4v) is 5.04. The van der Waals surface area contributed by atoms with Gasteiger partial charge in [0.2, 0.25) is 23.0 Å². The van der Waals surface area contributed by atoms with Crippen molar-refractivity contribution >= 4 is 17.5 Å². The summed E-state index contributed by atoms with van der Waals surface area (Å²) in [6, 6.07) is 5.96. The minimum absolute atomic E-state index is 0.0771. The van der Waals surface area contributed by atoms with E-state index in [0.717, 1.165) is 16.7 Å². The van der Waals surface area contributed by atoms with Crippen LogP contribution in [0.3, 0.4) is 0 Å². The zero-order valence-corrected chi connectivity index (χ0v) is 24.8. The van der Waals surface area contributed by atoms with Gasteiger partial charge in [-0.25, -0.2) is 0 Å². The van der Waals surface area contributed by atoms with Crippen molar-refractivity contribution in [1.29, 1.82) is 0 Å². The van der Waals surface area contributed by atoms with E-state index in [1.165, 1.54) is 6.92 Å². The van der Waals surface area contributed by atoms with Crippen molar-refractivity contribution in [2.45, 2.75) is 45.7 Å². The SMILES string of the molecule is COc1cc2c(c(OC)c1OC)-c1ccc(N[C@@H](C(=O)NCCN(C)C)C(C)C)c(=O)cc1[C@H](NC(C)=O)CC2. The molecule has 3 N–H and O–H groups in total. The highest BCUT2D eigenvalue weighted by molar-refractivity contribution is 5.86. The molecule has 0 fully saturated rings. The molecule has 218 valence electrons. The van der Waals surface area contributed by atoms with E-state index in [1.807, 2.05) is 45.0 Å². The van der Waals surface area contributed by atoms with Gasteiger partial charge in [-0.15, -0.1) is 0 Å². The summed E-state index contributed by atoms with van der Waals surface area (Å²) in [4.78, 5) is 40.8. The first-order valence-corrected chi connectivity index (χ1v) is 13.5. The first-order chi connectivity index (χ1) is 19.0. The minimum atomic E-state index is -0.616. The highest BCUT2D eigenvalue weighted by atomic mass is 16.5. The number of carbonyl (C=O) groups excluding carboxylic acids is 2. The summed E-state index contributed by atoms with van der Waals surface area (Å²) < 4.78 is 17.1. The van der Waals surface area contributed by atoms with Gasteiger partial charge in [0.05, 0.1) is 33.1 Å². The molecule has 2 amide bonds. The molecule has 40 heavy (non-hydrogen) atoms. The topological polar surface area (TPSA) is 118 Å². The van der Waals surface area contributed by atoms with Crippen molar-refractivity contribution in [3.63, 3.8) is 0 Å². The number of ether oxygens (including phenoxy) is 3. The van der Waals surface area contributed by atoms with Crippen LogP contribution in [0.25, 0.3) is 11.1 Å². The molecule has 0 bridgehead atoms. The maximum Gasteiger partial charge on any atom is 0.242 e. The van der Waals surface area contributed by atoms with Crippen molar-refractivity contribution < 1.29 is 23.8 Å². The lowest BCUT2D eigenvalue weighted by Gasteiger charge is -2.22. The van der Waals surface area contributed by atoms with Crippen molar-refractivity contribution in [2.24, 2.45) is 5.92 Å². The van der Waals surface area contributed by atoms with Gasteiger partial charge in [-0.3, -0.25) is 14.4 Å². The Kier molecular flexibility index (Phi) is 10.4. The van der Waals surface area contributed by atoms with E-state index in [9.17, 15) is 14.4 Å². The molecular formula is C30H42N4O6. The van der Waals surface area contributed by atoms with Gasteiger partial charge in [-0.1, -0.05) is 19.9 Å². The van der Waals surface area contributed by atoms with Gasteiger partial charge in [0, 0.05) is 25.6 Å². The van der Waals surface area contributed by atoms with Crippen LogP contribution in [0.1, 0.15) is 44.4 Å². The standard InChI is InChI=1S/C30H42N4O6/c1-17(2)27(30(37)31-13-14-34(4)5)33-23-12-10-20-21(16-24(23)36)22(32-18(3)35)11-9-19-15-25(38-6)28(39-7)29(40-8)26(19)20/h10,12,15-17,22,27H,9,11,13-14H2,1-8H3,(H,31,37)(H,32,35)(H,33,36)/t22-,27-/m1/s1. The molecule has 2 aromatic carbocycles. The molecule has 2 aromatic rings. The normalized spacial score (nSPS) is 14.9. The second kappa shape index (κ2) is 13.5. The summed E-state index contributed by atoms with van der Waals surface area (Å²) in [5.41, 5.74) is 3.10. The third-order valence-corrected chi connectivity index (χ3v) is 7.03. The van der Waals surface area contributed by atoms with Gasteiger partial charge in [0.15, 0.2) is 11.5 Å². The van der Waals surface area contributed by atoms with E-state index in [2.05, 4.69) is 16.0 Å². The highest BCUT2D eigenvalue weighted by Crippen LogP contribution is 2.50. The summed E-state index contributed by atoms with van der Waals surface area (Å²) in [5, 5.41) is 9.15. The van der Waals surface area contributed by atoms with E-state index in [4.69, 9.17) is 14.2 Å². The maximum atomic E-state index is 13.6. The van der Waals surface area contributed by atoms with Crippen molar-refractivity contribution in [3.05, 3.63) is 45.6 Å². The Bertz CT molecular complexity index is 1290. The predicted molar refractivity (Wildman–Crippen MR) is 156 cm³/mol. The van der Waals surface area contributed by atoms with E-state index in [1.54, 1.807) is 33.5 Å². The van der Waals surface area contributed by atoms with E-state index >= 15 is 0 Å². The molecule has 0 aromatic heterocycles. The van der Waals surface area contributed by atoms with Crippen LogP contribution >= 0.6 is 0 Å². The Balaban J connectivity index is 2.18. The van der Waals surface area contributed by atoms with Gasteiger partial charge < -0.3 is 35.1 Å². The highest BCUT2D eigenvalue weighted by Gasteiger charge is 2.30. The number of anilines is 1. The molecule has 1 aliphatic carbocycles. The van der Waals surface area contributed by atoms with E-state index in [-0.39, 0.29) is 28.8 Å². The Morgan fingerprint density at radius 3 is 2.33 bits per heavy atom. The molecular weight excluding hydrogens is 512 g/mol. The maximum absolute atomic E-state index is 13.6. The van der Waals surface area contributed by atoms with Crippen LogP contribution < -0.4 is 35.6 Å². The summed E-state index contributed by atoms with van der Waals surface area (Å²) in [6.07, 6.45) is 1.17. The van der Waals surface area contributed by atoms with Gasteiger partial charge in [0.25, 0.3) is 0 Å². The summed E-state index contributed by atoms with van der Waals surface area (Å²) >= 11 is 0. The smallest absolute Gasteiger partial charge is 0.242 e. The summed E-state index contributed by atoms with van der Waals surface area (Å²) in [5.74, 6) is 1.00. The van der Waals surface area contributed by atoms with Gasteiger partial charge in [0.1, 0.15) is 6.04 Å². The Morgan fingerprint density at radius 2 is 1.75 bits per heavy atom. The number of hydrogen-bond acceptors (Lipinski definition) is 8. The lowest BCUT2D eigenvalue weighted by atomic mass is 9.95. The molecule has 0 spiro atoms. The van der Waals surface area contributed by atoms with Crippen molar-refractivity contribution in [3.8, 4) is 28.4 Å². The van der Waals surface area contributed by atoms with Crippen LogP contribution in [0.2, 0.25) is 0 Å². The molecule has 2 atom stereocenters. The quantitative estimate of drug-likeness (QED) is 0.388. The van der Waals surface area contributed by atoms with Gasteiger partial charge in [-0.2, -0.15) is 0 Å². The number of nitrogens with zero attached hydrogens (tertiary/aromatic N) is 1. The predicted octanol–water partition coefficient (Wildman–Crippen LogP) is 2.98. The Hall–Kier alpha value is -3.79. The molecule has 0 saturated carbocycles. The Morgan fingerprint density at radius 1 is 1.05 bits per heavy atom. The summed E-state index contributed by atoms with van der Waals surface area (Å²) in [6.45, 7) is 6.52. The number of fused-ring (bicyclic) bond motifs is 3. The average molecular weight is 555 g/mol. The molecule has 0 saturated heterocycles. The van der Waals surface area contributed by atoms with Crippen LogP contribution in [0.5, 0.6) is 17.2 Å². The average Bonchev–Trinajstić information content (AvgIpc) is 3.14. The first-order valence-electron chi connectivity index (χ1n) is 13.5. The lowest BCUT2D eigenvalue weighted by molar-refractivity contribution is -0.122. The van der Waals surface area contributed by atoms with E-state index in [0.29, 0.717) is 48.7 Å². The van der Waals surface area contributed by atoms with Crippen molar-refractivity contribution in [1.82, 2.24) is 15.5 Å². The zero-order valence-electron chi connectivity index (χ0n) is 24.8. The third-order valence-electron chi connectivity index (χ3n) is 7.03. The number of nitrogens with one attached hydrogen (secondary N) is 3.